The second-order valence-corrected chi connectivity index (χ2v) is 4.81. The number of hydrogen-bond acceptors (Lipinski definition) is 3. The van der Waals surface area contributed by atoms with E-state index in [4.69, 9.17) is 9.57 Å². The average Bonchev–Trinajstić information content (AvgIpc) is 2.48. The minimum atomic E-state index is -0.311. The molecule has 0 saturated heterocycles. The highest BCUT2D eigenvalue weighted by atomic mass is 16.7. The van der Waals surface area contributed by atoms with E-state index in [2.05, 4.69) is 5.48 Å². The van der Waals surface area contributed by atoms with E-state index in [-0.39, 0.29) is 12.5 Å². The fourth-order valence-electron chi connectivity index (χ4n) is 1.97. The molecule has 0 radical (unpaired) electrons. The Morgan fingerprint density at radius 1 is 1.00 bits per heavy atom. The molecule has 0 spiro atoms. The minimum absolute atomic E-state index is 0.0690. The van der Waals surface area contributed by atoms with Gasteiger partial charge in [0.2, 0.25) is 0 Å². The molecule has 0 fully saturated rings. The molecule has 4 heteroatoms. The van der Waals surface area contributed by atoms with Crippen LogP contribution in [0.25, 0.3) is 0 Å². The highest BCUT2D eigenvalue weighted by Crippen LogP contribution is 2.21. The van der Waals surface area contributed by atoms with E-state index in [0.29, 0.717) is 6.61 Å². The van der Waals surface area contributed by atoms with Crippen LogP contribution >= 0.6 is 0 Å². The van der Waals surface area contributed by atoms with E-state index in [0.717, 1.165) is 22.4 Å². The zero-order valence-corrected chi connectivity index (χ0v) is 12.3. The predicted molar refractivity (Wildman–Crippen MR) is 80.8 cm³/mol. The van der Waals surface area contributed by atoms with Crippen LogP contribution in [0.3, 0.4) is 0 Å². The zero-order valence-electron chi connectivity index (χ0n) is 12.3. The highest BCUT2D eigenvalue weighted by Gasteiger charge is 2.07. The maximum atomic E-state index is 11.7. The van der Waals surface area contributed by atoms with Crippen molar-refractivity contribution in [1.29, 1.82) is 0 Å². The molecule has 2 rings (SSSR count). The normalized spacial score (nSPS) is 10.2. The first-order valence-corrected chi connectivity index (χ1v) is 6.80. The van der Waals surface area contributed by atoms with Gasteiger partial charge in [-0.05, 0) is 30.5 Å². The van der Waals surface area contributed by atoms with Gasteiger partial charge in [-0.3, -0.25) is 9.63 Å². The zero-order chi connectivity index (χ0) is 15.1. The van der Waals surface area contributed by atoms with Crippen molar-refractivity contribution in [2.24, 2.45) is 0 Å². The van der Waals surface area contributed by atoms with Crippen LogP contribution < -0.4 is 10.2 Å². The minimum Gasteiger partial charge on any atom is -0.483 e. The summed E-state index contributed by atoms with van der Waals surface area (Å²) in [7, 11) is 0. The van der Waals surface area contributed by atoms with E-state index < -0.39 is 0 Å². The second-order valence-electron chi connectivity index (χ2n) is 4.81. The number of hydroxylamine groups is 1. The van der Waals surface area contributed by atoms with Gasteiger partial charge in [0.05, 0.1) is 6.61 Å². The van der Waals surface area contributed by atoms with Gasteiger partial charge in [-0.15, -0.1) is 0 Å². The first-order chi connectivity index (χ1) is 10.2. The molecule has 0 aliphatic rings. The maximum Gasteiger partial charge on any atom is 0.281 e. The van der Waals surface area contributed by atoms with E-state index in [1.165, 1.54) is 0 Å². The summed E-state index contributed by atoms with van der Waals surface area (Å²) in [5.74, 6) is 0.435. The lowest BCUT2D eigenvalue weighted by Crippen LogP contribution is -2.29. The molecule has 0 heterocycles. The first-order valence-electron chi connectivity index (χ1n) is 6.80. The standard InChI is InChI=1S/C17H19NO3/c1-13-7-6-8-14(2)17(13)20-12-16(19)18-21-11-15-9-4-3-5-10-15/h3-10H,11-12H2,1-2H3,(H,18,19). The van der Waals surface area contributed by atoms with E-state index in [1.807, 2.05) is 62.4 Å². The quantitative estimate of drug-likeness (QED) is 0.830. The Bertz CT molecular complexity index is 576. The Morgan fingerprint density at radius 3 is 2.33 bits per heavy atom. The number of benzene rings is 2. The summed E-state index contributed by atoms with van der Waals surface area (Å²) in [5, 5.41) is 0. The smallest absolute Gasteiger partial charge is 0.281 e. The maximum absolute atomic E-state index is 11.7. The van der Waals surface area contributed by atoms with Crippen molar-refractivity contribution in [3.05, 3.63) is 65.2 Å². The van der Waals surface area contributed by atoms with Gasteiger partial charge in [0.15, 0.2) is 6.61 Å². The van der Waals surface area contributed by atoms with Crippen molar-refractivity contribution in [3.63, 3.8) is 0 Å². The topological polar surface area (TPSA) is 47.6 Å². The van der Waals surface area contributed by atoms with Crippen LogP contribution in [0, 0.1) is 13.8 Å². The fourth-order valence-corrected chi connectivity index (χ4v) is 1.97. The van der Waals surface area contributed by atoms with Gasteiger partial charge >= 0.3 is 0 Å². The lowest BCUT2D eigenvalue weighted by Gasteiger charge is -2.11. The number of ether oxygens (including phenoxy) is 1. The molecule has 0 unspecified atom stereocenters. The summed E-state index contributed by atoms with van der Waals surface area (Å²) >= 11 is 0. The third kappa shape index (κ3) is 4.61. The van der Waals surface area contributed by atoms with Crippen LogP contribution in [0.2, 0.25) is 0 Å². The molecule has 1 amide bonds. The van der Waals surface area contributed by atoms with Crippen LogP contribution in [-0.2, 0) is 16.2 Å². The molecular formula is C17H19NO3. The number of aryl methyl sites for hydroxylation is 2. The number of nitrogens with one attached hydrogen (secondary N) is 1. The molecule has 0 saturated carbocycles. The van der Waals surface area contributed by atoms with E-state index in [1.54, 1.807) is 0 Å². The predicted octanol–water partition coefficient (Wildman–Crippen LogP) is 2.93. The van der Waals surface area contributed by atoms with Crippen molar-refractivity contribution in [2.45, 2.75) is 20.5 Å². The summed E-state index contributed by atoms with van der Waals surface area (Å²) in [5.41, 5.74) is 5.39. The number of carbonyl (C=O) groups excluding carboxylic acids is 1. The molecule has 110 valence electrons. The van der Waals surface area contributed by atoms with Gasteiger partial charge < -0.3 is 4.74 Å². The fraction of sp³-hybridized carbons (Fsp3) is 0.235. The molecule has 21 heavy (non-hydrogen) atoms. The Hall–Kier alpha value is -2.33. The summed E-state index contributed by atoms with van der Waals surface area (Å²) in [4.78, 5) is 16.8. The van der Waals surface area contributed by atoms with Gasteiger partial charge in [0.25, 0.3) is 5.91 Å². The Labute approximate surface area is 124 Å². The largest absolute Gasteiger partial charge is 0.483 e. The lowest BCUT2D eigenvalue weighted by molar-refractivity contribution is -0.136. The van der Waals surface area contributed by atoms with Crippen LogP contribution in [0.1, 0.15) is 16.7 Å². The molecule has 0 aromatic heterocycles. The summed E-state index contributed by atoms with van der Waals surface area (Å²) in [6, 6.07) is 15.5. The van der Waals surface area contributed by atoms with Crippen molar-refractivity contribution < 1.29 is 14.4 Å². The van der Waals surface area contributed by atoms with Crippen LogP contribution in [0.4, 0.5) is 0 Å². The summed E-state index contributed by atoms with van der Waals surface area (Å²) < 4.78 is 5.54. The Balaban J connectivity index is 1.75. The van der Waals surface area contributed by atoms with Gasteiger partial charge in [0, 0.05) is 0 Å². The van der Waals surface area contributed by atoms with Gasteiger partial charge in [-0.2, -0.15) is 0 Å². The molecule has 1 N–H and O–H groups in total. The van der Waals surface area contributed by atoms with E-state index in [9.17, 15) is 4.79 Å². The molecular weight excluding hydrogens is 266 g/mol. The Kier molecular flexibility index (Phi) is 5.35. The average molecular weight is 285 g/mol. The summed E-state index contributed by atoms with van der Waals surface area (Å²) in [6.07, 6.45) is 0. The van der Waals surface area contributed by atoms with Crippen molar-refractivity contribution in [1.82, 2.24) is 5.48 Å². The van der Waals surface area contributed by atoms with Crippen molar-refractivity contribution in [2.75, 3.05) is 6.61 Å². The number of rotatable bonds is 6. The monoisotopic (exact) mass is 285 g/mol. The highest BCUT2D eigenvalue weighted by molar-refractivity contribution is 5.76. The molecule has 0 bridgehead atoms. The number of carbonyl (C=O) groups is 1. The third-order valence-corrected chi connectivity index (χ3v) is 3.02. The van der Waals surface area contributed by atoms with Crippen molar-refractivity contribution >= 4 is 5.91 Å². The first kappa shape index (κ1) is 15.1. The van der Waals surface area contributed by atoms with Crippen LogP contribution in [0.15, 0.2) is 48.5 Å². The number of amides is 1. The van der Waals surface area contributed by atoms with E-state index >= 15 is 0 Å². The SMILES string of the molecule is Cc1cccc(C)c1OCC(=O)NOCc1ccccc1. The van der Waals surface area contributed by atoms with Crippen LogP contribution in [0.5, 0.6) is 5.75 Å². The van der Waals surface area contributed by atoms with Gasteiger partial charge in [0.1, 0.15) is 5.75 Å². The van der Waals surface area contributed by atoms with Gasteiger partial charge in [-0.1, -0.05) is 48.5 Å². The number of hydrogen-bond donors (Lipinski definition) is 1. The Morgan fingerprint density at radius 2 is 1.67 bits per heavy atom. The third-order valence-electron chi connectivity index (χ3n) is 3.02. The summed E-state index contributed by atoms with van der Waals surface area (Å²) in [6.45, 7) is 4.16. The molecule has 2 aromatic rings. The molecule has 0 aliphatic heterocycles. The van der Waals surface area contributed by atoms with Crippen LogP contribution in [-0.4, -0.2) is 12.5 Å². The molecule has 4 nitrogen and oxygen atoms in total. The number of para-hydroxylation sites is 1. The molecule has 2 aromatic carbocycles. The molecule has 0 aliphatic carbocycles. The second kappa shape index (κ2) is 7.45. The van der Waals surface area contributed by atoms with Gasteiger partial charge in [-0.25, -0.2) is 5.48 Å². The lowest BCUT2D eigenvalue weighted by atomic mass is 10.1. The van der Waals surface area contributed by atoms with Crippen molar-refractivity contribution in [3.8, 4) is 5.75 Å². The molecule has 0 atom stereocenters.